The smallest absolute Gasteiger partial charge is 0.150 e. The molecular weight excluding hydrogens is 450 g/mol. The maximum absolute atomic E-state index is 11.1. The summed E-state index contributed by atoms with van der Waals surface area (Å²) in [4.78, 5) is 13.3. The van der Waals surface area contributed by atoms with E-state index in [1.807, 2.05) is 42.5 Å². The van der Waals surface area contributed by atoms with Crippen molar-refractivity contribution in [3.63, 3.8) is 0 Å². The Hall–Kier alpha value is -4.95. The molecular formula is C35H25NO. The average Bonchev–Trinajstić information content (AvgIpc) is 2.97. The monoisotopic (exact) mass is 475 g/mol. The van der Waals surface area contributed by atoms with Gasteiger partial charge in [0, 0.05) is 22.6 Å². The van der Waals surface area contributed by atoms with Crippen LogP contribution >= 0.6 is 0 Å². The van der Waals surface area contributed by atoms with E-state index in [9.17, 15) is 4.79 Å². The van der Waals surface area contributed by atoms with E-state index >= 15 is 0 Å². The van der Waals surface area contributed by atoms with Crippen LogP contribution in [0.25, 0.3) is 33.7 Å². The summed E-state index contributed by atoms with van der Waals surface area (Å²) in [6.07, 6.45) is 5.23. The minimum Gasteiger partial charge on any atom is -0.311 e. The van der Waals surface area contributed by atoms with Gasteiger partial charge in [-0.05, 0) is 81.2 Å². The van der Waals surface area contributed by atoms with Gasteiger partial charge in [0.25, 0.3) is 0 Å². The van der Waals surface area contributed by atoms with E-state index in [2.05, 4.69) is 108 Å². The number of rotatable bonds is 6. The lowest BCUT2D eigenvalue weighted by Gasteiger charge is -2.25. The highest BCUT2D eigenvalue weighted by atomic mass is 16.1. The van der Waals surface area contributed by atoms with Crippen LogP contribution in [-0.4, -0.2) is 6.29 Å². The summed E-state index contributed by atoms with van der Waals surface area (Å²) in [5, 5.41) is 5.06. The van der Waals surface area contributed by atoms with E-state index in [1.165, 1.54) is 27.1 Å². The molecule has 0 bridgehead atoms. The molecule has 6 aromatic rings. The summed E-state index contributed by atoms with van der Waals surface area (Å²) < 4.78 is 0. The molecule has 2 nitrogen and oxygen atoms in total. The highest BCUT2D eigenvalue weighted by Gasteiger charge is 2.12. The molecule has 0 saturated carbocycles. The molecule has 0 atom stereocenters. The molecule has 0 aromatic heterocycles. The first-order valence-corrected chi connectivity index (χ1v) is 12.4. The highest BCUT2D eigenvalue weighted by Crippen LogP contribution is 2.35. The molecule has 0 saturated heterocycles. The van der Waals surface area contributed by atoms with Crippen molar-refractivity contribution in [1.29, 1.82) is 0 Å². The second-order valence-corrected chi connectivity index (χ2v) is 9.03. The topological polar surface area (TPSA) is 20.3 Å². The third-order valence-corrected chi connectivity index (χ3v) is 6.73. The predicted octanol–water partition coefficient (Wildman–Crippen LogP) is 9.45. The number of nitrogens with zero attached hydrogens (tertiary/aromatic N) is 1. The fraction of sp³-hybridized carbons (Fsp3) is 0. The minimum atomic E-state index is 0.665. The van der Waals surface area contributed by atoms with Gasteiger partial charge in [-0.1, -0.05) is 97.1 Å². The standard InChI is InChI=1S/C35H25NO/c37-25-27-16-22-32(23-17-27)36(30-9-2-1-3-10-30)31-20-14-26(15-21-31)13-18-29-8-6-12-35-33-11-5-4-7-28(33)19-24-34(29)35/h1-25H. The van der Waals surface area contributed by atoms with E-state index < -0.39 is 0 Å². The first-order chi connectivity index (χ1) is 18.3. The predicted molar refractivity (Wildman–Crippen MR) is 157 cm³/mol. The van der Waals surface area contributed by atoms with E-state index in [1.54, 1.807) is 0 Å². The maximum atomic E-state index is 11.1. The largest absolute Gasteiger partial charge is 0.311 e. The van der Waals surface area contributed by atoms with Crippen molar-refractivity contribution >= 4 is 57.0 Å². The molecule has 0 radical (unpaired) electrons. The number of fused-ring (bicyclic) bond motifs is 3. The molecule has 6 rings (SSSR count). The van der Waals surface area contributed by atoms with E-state index in [0.29, 0.717) is 5.56 Å². The summed E-state index contributed by atoms with van der Waals surface area (Å²) in [5.41, 5.74) is 6.12. The number of carbonyl (C=O) groups is 1. The van der Waals surface area contributed by atoms with Gasteiger partial charge in [-0.2, -0.15) is 0 Å². The van der Waals surface area contributed by atoms with Crippen LogP contribution in [0.5, 0.6) is 0 Å². The van der Waals surface area contributed by atoms with Gasteiger partial charge in [0.05, 0.1) is 0 Å². The van der Waals surface area contributed by atoms with Gasteiger partial charge < -0.3 is 4.90 Å². The number of para-hydroxylation sites is 1. The van der Waals surface area contributed by atoms with Crippen molar-refractivity contribution in [2.75, 3.05) is 4.90 Å². The van der Waals surface area contributed by atoms with Gasteiger partial charge >= 0.3 is 0 Å². The summed E-state index contributed by atoms with van der Waals surface area (Å²) >= 11 is 0. The second kappa shape index (κ2) is 9.96. The highest BCUT2D eigenvalue weighted by molar-refractivity contribution is 6.10. The van der Waals surface area contributed by atoms with Gasteiger partial charge in [-0.25, -0.2) is 0 Å². The molecule has 0 amide bonds. The normalized spacial score (nSPS) is 11.2. The number of carbonyl (C=O) groups excluding carboxylic acids is 1. The number of aldehydes is 1. The molecule has 0 aliphatic rings. The lowest BCUT2D eigenvalue weighted by atomic mass is 9.98. The van der Waals surface area contributed by atoms with Crippen molar-refractivity contribution in [2.24, 2.45) is 0 Å². The van der Waals surface area contributed by atoms with Crippen LogP contribution in [0.1, 0.15) is 21.5 Å². The number of hydrogen-bond acceptors (Lipinski definition) is 2. The first kappa shape index (κ1) is 22.5. The maximum Gasteiger partial charge on any atom is 0.150 e. The molecule has 0 N–H and O–H groups in total. The van der Waals surface area contributed by atoms with Gasteiger partial charge in [0.15, 0.2) is 0 Å². The fourth-order valence-electron chi connectivity index (χ4n) is 4.86. The first-order valence-electron chi connectivity index (χ1n) is 12.4. The Kier molecular flexibility index (Phi) is 6.06. The Balaban J connectivity index is 1.33. The molecule has 37 heavy (non-hydrogen) atoms. The Morgan fingerprint density at radius 2 is 1.05 bits per heavy atom. The van der Waals surface area contributed by atoms with Crippen molar-refractivity contribution in [2.45, 2.75) is 0 Å². The number of benzene rings is 6. The quantitative estimate of drug-likeness (QED) is 0.136. The number of anilines is 3. The van der Waals surface area contributed by atoms with Gasteiger partial charge in [-0.3, -0.25) is 4.79 Å². The molecule has 0 spiro atoms. The lowest BCUT2D eigenvalue weighted by Crippen LogP contribution is -2.09. The molecule has 2 heteroatoms. The molecule has 0 aliphatic carbocycles. The van der Waals surface area contributed by atoms with Gasteiger partial charge in [0.1, 0.15) is 6.29 Å². The fourth-order valence-corrected chi connectivity index (χ4v) is 4.86. The Morgan fingerprint density at radius 3 is 1.78 bits per heavy atom. The van der Waals surface area contributed by atoms with Crippen LogP contribution < -0.4 is 4.90 Å². The molecule has 6 aromatic carbocycles. The van der Waals surface area contributed by atoms with E-state index in [0.717, 1.165) is 28.9 Å². The van der Waals surface area contributed by atoms with E-state index in [4.69, 9.17) is 0 Å². The molecule has 0 heterocycles. The van der Waals surface area contributed by atoms with Crippen molar-refractivity contribution in [1.82, 2.24) is 0 Å². The van der Waals surface area contributed by atoms with Crippen molar-refractivity contribution < 1.29 is 4.79 Å². The zero-order valence-corrected chi connectivity index (χ0v) is 20.3. The SMILES string of the molecule is O=Cc1ccc(N(c2ccccc2)c2ccc(C=Cc3cccc4c3ccc3ccccc34)cc2)cc1. The molecule has 176 valence electrons. The number of hydrogen-bond donors (Lipinski definition) is 0. The molecule has 0 unspecified atom stereocenters. The minimum absolute atomic E-state index is 0.665. The van der Waals surface area contributed by atoms with Crippen LogP contribution in [0, 0.1) is 0 Å². The van der Waals surface area contributed by atoms with Gasteiger partial charge in [0.2, 0.25) is 0 Å². The zero-order chi connectivity index (χ0) is 25.0. The van der Waals surface area contributed by atoms with Crippen LogP contribution in [0.4, 0.5) is 17.1 Å². The summed E-state index contributed by atoms with van der Waals surface area (Å²) in [5.74, 6) is 0. The molecule has 0 fully saturated rings. The van der Waals surface area contributed by atoms with Gasteiger partial charge in [-0.15, -0.1) is 0 Å². The molecule has 0 aliphatic heterocycles. The summed E-state index contributed by atoms with van der Waals surface area (Å²) in [7, 11) is 0. The Bertz CT molecular complexity index is 1720. The Morgan fingerprint density at radius 1 is 0.432 bits per heavy atom. The lowest BCUT2D eigenvalue weighted by molar-refractivity contribution is 0.112. The second-order valence-electron chi connectivity index (χ2n) is 9.03. The third kappa shape index (κ3) is 4.53. The zero-order valence-electron chi connectivity index (χ0n) is 20.3. The van der Waals surface area contributed by atoms with Crippen molar-refractivity contribution in [3.05, 3.63) is 150 Å². The average molecular weight is 476 g/mol. The summed E-state index contributed by atoms with van der Waals surface area (Å²) in [6, 6.07) is 45.9. The van der Waals surface area contributed by atoms with E-state index in [-0.39, 0.29) is 0 Å². The van der Waals surface area contributed by atoms with Crippen molar-refractivity contribution in [3.8, 4) is 0 Å². The third-order valence-electron chi connectivity index (χ3n) is 6.73. The van der Waals surface area contributed by atoms with Crippen LogP contribution in [-0.2, 0) is 0 Å². The van der Waals surface area contributed by atoms with Crippen LogP contribution in [0.15, 0.2) is 133 Å². The Labute approximate surface area is 216 Å². The van der Waals surface area contributed by atoms with Crippen LogP contribution in [0.3, 0.4) is 0 Å². The summed E-state index contributed by atoms with van der Waals surface area (Å²) in [6.45, 7) is 0. The van der Waals surface area contributed by atoms with Crippen LogP contribution in [0.2, 0.25) is 0 Å².